The first-order valence-corrected chi connectivity index (χ1v) is 3.83. The quantitative estimate of drug-likeness (QED) is 0.379. The number of carbonyl (C=O) groups is 2. The lowest BCUT2D eigenvalue weighted by Gasteiger charge is -1.99. The van der Waals surface area contributed by atoms with Crippen LogP contribution >= 0.6 is 0 Å². The van der Waals surface area contributed by atoms with E-state index in [0.717, 1.165) is 12.5 Å². The Morgan fingerprint density at radius 2 is 2.00 bits per heavy atom. The average molecular weight is 184 g/mol. The van der Waals surface area contributed by atoms with Crippen LogP contribution in [-0.2, 0) is 19.4 Å². The van der Waals surface area contributed by atoms with Crippen LogP contribution < -0.4 is 0 Å². The molecule has 0 N–H and O–H groups in total. The fourth-order valence-corrected chi connectivity index (χ4v) is 0.568. The molecule has 4 heteroatoms. The summed E-state index contributed by atoms with van der Waals surface area (Å²) in [4.78, 5) is 29.7. The minimum absolute atomic E-state index is 0.402. The van der Waals surface area contributed by atoms with Gasteiger partial charge in [0.25, 0.3) is 0 Å². The summed E-state index contributed by atoms with van der Waals surface area (Å²) < 4.78 is 0. The molecule has 0 saturated heterocycles. The molecule has 0 aliphatic rings. The average Bonchev–Trinajstić information content (AvgIpc) is 2.13. The van der Waals surface area contributed by atoms with Crippen LogP contribution in [0.5, 0.6) is 0 Å². The van der Waals surface area contributed by atoms with Crippen molar-refractivity contribution in [2.24, 2.45) is 0 Å². The van der Waals surface area contributed by atoms with E-state index >= 15 is 0 Å². The van der Waals surface area contributed by atoms with E-state index < -0.39 is 11.9 Å². The standard InChI is InChI=1S/C9H12O4/c1-4-6-7(3)9(11)13-12-8(10)5-2/h5-6H,2,4H2,1,3H3. The molecule has 72 valence electrons. The van der Waals surface area contributed by atoms with Gasteiger partial charge in [-0.05, 0) is 13.3 Å². The van der Waals surface area contributed by atoms with Gasteiger partial charge in [0.15, 0.2) is 0 Å². The lowest BCUT2D eigenvalue weighted by atomic mass is 10.2. The molecule has 0 rings (SSSR count). The lowest BCUT2D eigenvalue weighted by Crippen LogP contribution is -2.10. The van der Waals surface area contributed by atoms with E-state index in [2.05, 4.69) is 16.4 Å². The highest BCUT2D eigenvalue weighted by molar-refractivity contribution is 5.88. The van der Waals surface area contributed by atoms with Crippen molar-refractivity contribution in [2.45, 2.75) is 20.3 Å². The van der Waals surface area contributed by atoms with Crippen molar-refractivity contribution in [3.05, 3.63) is 24.3 Å². The highest BCUT2D eigenvalue weighted by atomic mass is 17.2. The molecule has 0 amide bonds. The molecule has 0 aromatic rings. The van der Waals surface area contributed by atoms with Gasteiger partial charge in [0.1, 0.15) is 0 Å². The number of carbonyl (C=O) groups excluding carboxylic acids is 2. The van der Waals surface area contributed by atoms with E-state index in [4.69, 9.17) is 0 Å². The third-order valence-corrected chi connectivity index (χ3v) is 1.20. The number of allylic oxidation sites excluding steroid dienone is 1. The summed E-state index contributed by atoms with van der Waals surface area (Å²) in [5.74, 6) is -1.46. The summed E-state index contributed by atoms with van der Waals surface area (Å²) in [5.41, 5.74) is 0.402. The van der Waals surface area contributed by atoms with Crippen LogP contribution in [0.1, 0.15) is 20.3 Å². The van der Waals surface area contributed by atoms with Crippen molar-refractivity contribution >= 4 is 11.9 Å². The van der Waals surface area contributed by atoms with Gasteiger partial charge in [-0.2, -0.15) is 0 Å². The Kier molecular flexibility index (Phi) is 5.27. The second kappa shape index (κ2) is 5.99. The fraction of sp³-hybridized carbons (Fsp3) is 0.333. The third kappa shape index (κ3) is 4.79. The van der Waals surface area contributed by atoms with E-state index in [-0.39, 0.29) is 0 Å². The molecule has 0 unspecified atom stereocenters. The van der Waals surface area contributed by atoms with Crippen molar-refractivity contribution in [3.8, 4) is 0 Å². The topological polar surface area (TPSA) is 52.6 Å². The fourth-order valence-electron chi connectivity index (χ4n) is 0.568. The summed E-state index contributed by atoms with van der Waals surface area (Å²) in [6.45, 7) is 6.60. The van der Waals surface area contributed by atoms with Gasteiger partial charge in [-0.1, -0.05) is 19.6 Å². The van der Waals surface area contributed by atoms with E-state index in [9.17, 15) is 9.59 Å². The summed E-state index contributed by atoms with van der Waals surface area (Å²) >= 11 is 0. The molecule has 0 heterocycles. The Hall–Kier alpha value is -1.58. The Labute approximate surface area is 76.8 Å². The highest BCUT2D eigenvalue weighted by Gasteiger charge is 2.08. The Morgan fingerprint density at radius 1 is 1.38 bits per heavy atom. The van der Waals surface area contributed by atoms with Crippen LogP contribution in [0.3, 0.4) is 0 Å². The zero-order valence-corrected chi connectivity index (χ0v) is 7.70. The van der Waals surface area contributed by atoms with Gasteiger partial charge in [0.05, 0.1) is 0 Å². The van der Waals surface area contributed by atoms with Crippen molar-refractivity contribution in [3.63, 3.8) is 0 Å². The van der Waals surface area contributed by atoms with Crippen LogP contribution in [-0.4, -0.2) is 11.9 Å². The molecule has 0 fully saturated rings. The number of hydrogen-bond acceptors (Lipinski definition) is 4. The maximum absolute atomic E-state index is 11.0. The molecule has 0 aromatic heterocycles. The smallest absolute Gasteiger partial charge is 0.242 e. The Balaban J connectivity index is 3.94. The van der Waals surface area contributed by atoms with Crippen molar-refractivity contribution in [2.75, 3.05) is 0 Å². The van der Waals surface area contributed by atoms with Crippen LogP contribution in [0.15, 0.2) is 24.3 Å². The molecule has 0 bridgehead atoms. The molecular formula is C9H12O4. The minimum atomic E-state index is -0.794. The van der Waals surface area contributed by atoms with Crippen LogP contribution in [0.2, 0.25) is 0 Å². The Morgan fingerprint density at radius 3 is 2.46 bits per heavy atom. The molecule has 0 aliphatic carbocycles. The predicted octanol–water partition coefficient (Wildman–Crippen LogP) is 1.53. The van der Waals surface area contributed by atoms with E-state index in [1.54, 1.807) is 13.0 Å². The molecule has 0 radical (unpaired) electrons. The van der Waals surface area contributed by atoms with E-state index in [1.165, 1.54) is 0 Å². The summed E-state index contributed by atoms with van der Waals surface area (Å²) in [7, 11) is 0. The highest BCUT2D eigenvalue weighted by Crippen LogP contribution is 1.99. The number of rotatable bonds is 3. The summed E-state index contributed by atoms with van der Waals surface area (Å²) in [6.07, 6.45) is 3.30. The maximum atomic E-state index is 11.0. The Bertz CT molecular complexity index is 240. The van der Waals surface area contributed by atoms with Gasteiger partial charge in [-0.25, -0.2) is 19.4 Å². The van der Waals surface area contributed by atoms with Crippen LogP contribution in [0.25, 0.3) is 0 Å². The van der Waals surface area contributed by atoms with E-state index in [1.807, 2.05) is 6.92 Å². The molecule has 0 aliphatic heterocycles. The predicted molar refractivity (Wildman–Crippen MR) is 46.4 cm³/mol. The first-order valence-electron chi connectivity index (χ1n) is 3.83. The lowest BCUT2D eigenvalue weighted by molar-refractivity contribution is -0.251. The second-order valence-corrected chi connectivity index (χ2v) is 2.27. The second-order valence-electron chi connectivity index (χ2n) is 2.27. The van der Waals surface area contributed by atoms with Crippen molar-refractivity contribution < 1.29 is 19.4 Å². The summed E-state index contributed by atoms with van der Waals surface area (Å²) in [6, 6.07) is 0. The van der Waals surface area contributed by atoms with Gasteiger partial charge < -0.3 is 0 Å². The van der Waals surface area contributed by atoms with Gasteiger partial charge in [-0.3, -0.25) is 0 Å². The third-order valence-electron chi connectivity index (χ3n) is 1.20. The van der Waals surface area contributed by atoms with Gasteiger partial charge in [0.2, 0.25) is 0 Å². The molecular weight excluding hydrogens is 172 g/mol. The van der Waals surface area contributed by atoms with Crippen molar-refractivity contribution in [1.29, 1.82) is 0 Å². The monoisotopic (exact) mass is 184 g/mol. The zero-order chi connectivity index (χ0) is 10.3. The summed E-state index contributed by atoms with van der Waals surface area (Å²) in [5, 5.41) is 0. The molecule has 4 nitrogen and oxygen atoms in total. The molecule has 0 atom stereocenters. The van der Waals surface area contributed by atoms with Crippen LogP contribution in [0.4, 0.5) is 0 Å². The van der Waals surface area contributed by atoms with Crippen LogP contribution in [0, 0.1) is 0 Å². The SMILES string of the molecule is C=CC(=O)OOC(=O)C(C)=CCC. The molecule has 0 aromatic carbocycles. The first-order chi connectivity index (χ1) is 6.11. The van der Waals surface area contributed by atoms with Gasteiger partial charge >= 0.3 is 11.9 Å². The minimum Gasteiger partial charge on any atom is -0.242 e. The van der Waals surface area contributed by atoms with Gasteiger partial charge in [-0.15, -0.1) is 0 Å². The molecule has 0 saturated carbocycles. The largest absolute Gasteiger partial charge is 0.381 e. The zero-order valence-electron chi connectivity index (χ0n) is 7.70. The number of hydrogen-bond donors (Lipinski definition) is 0. The first kappa shape index (κ1) is 11.4. The van der Waals surface area contributed by atoms with Crippen molar-refractivity contribution in [1.82, 2.24) is 0 Å². The van der Waals surface area contributed by atoms with Gasteiger partial charge in [0, 0.05) is 11.6 Å². The van der Waals surface area contributed by atoms with E-state index in [0.29, 0.717) is 5.57 Å². The molecule has 13 heavy (non-hydrogen) atoms. The maximum Gasteiger partial charge on any atom is 0.381 e. The normalized spacial score (nSPS) is 10.5. The molecule has 0 spiro atoms.